The highest BCUT2D eigenvalue weighted by Gasteiger charge is 2.40. The molecule has 2 aliphatic rings. The van der Waals surface area contributed by atoms with Gasteiger partial charge in [-0.25, -0.2) is 0 Å². The minimum Gasteiger partial charge on any atom is -0.313 e. The maximum absolute atomic E-state index is 3.77. The second-order valence-corrected chi connectivity index (χ2v) is 7.80. The number of nitrogens with zero attached hydrogens (tertiary/aromatic N) is 2. The van der Waals surface area contributed by atoms with E-state index < -0.39 is 0 Å². The van der Waals surface area contributed by atoms with Gasteiger partial charge >= 0.3 is 0 Å². The molecule has 1 aliphatic carbocycles. The highest BCUT2D eigenvalue weighted by atomic mass is 15.3. The highest BCUT2D eigenvalue weighted by Crippen LogP contribution is 2.38. The molecule has 0 aromatic rings. The van der Waals surface area contributed by atoms with Gasteiger partial charge in [-0.2, -0.15) is 0 Å². The van der Waals surface area contributed by atoms with Crippen LogP contribution in [0.4, 0.5) is 0 Å². The summed E-state index contributed by atoms with van der Waals surface area (Å²) >= 11 is 0. The maximum Gasteiger partial charge on any atom is 0.0255 e. The van der Waals surface area contributed by atoms with E-state index in [1.165, 1.54) is 51.9 Å². The lowest BCUT2D eigenvalue weighted by atomic mass is 9.72. The number of likely N-dealkylation sites (tertiary alicyclic amines) is 1. The monoisotopic (exact) mass is 295 g/mol. The van der Waals surface area contributed by atoms with Gasteiger partial charge in [-0.3, -0.25) is 9.80 Å². The number of nitrogens with one attached hydrogen (secondary N) is 1. The van der Waals surface area contributed by atoms with Gasteiger partial charge in [0, 0.05) is 31.2 Å². The molecule has 124 valence electrons. The topological polar surface area (TPSA) is 18.5 Å². The first-order valence-corrected chi connectivity index (χ1v) is 9.22. The summed E-state index contributed by atoms with van der Waals surface area (Å²) in [4.78, 5) is 5.45. The molecule has 2 fully saturated rings. The lowest BCUT2D eigenvalue weighted by Crippen LogP contribution is -2.54. The fraction of sp³-hybridized carbons (Fsp3) is 1.00. The summed E-state index contributed by atoms with van der Waals surface area (Å²) < 4.78 is 0. The van der Waals surface area contributed by atoms with Crippen LogP contribution in [0.5, 0.6) is 0 Å². The largest absolute Gasteiger partial charge is 0.313 e. The minimum absolute atomic E-state index is 0.518. The molecule has 0 radical (unpaired) electrons. The number of hydrogen-bond donors (Lipinski definition) is 1. The molecule has 1 aliphatic heterocycles. The van der Waals surface area contributed by atoms with Crippen LogP contribution >= 0.6 is 0 Å². The summed E-state index contributed by atoms with van der Waals surface area (Å²) in [7, 11) is 0. The minimum atomic E-state index is 0.518. The van der Waals surface area contributed by atoms with E-state index in [0.29, 0.717) is 11.5 Å². The van der Waals surface area contributed by atoms with Crippen LogP contribution in [0.1, 0.15) is 60.3 Å². The average Bonchev–Trinajstić information content (AvgIpc) is 2.92. The molecule has 0 bridgehead atoms. The Morgan fingerprint density at radius 2 is 1.86 bits per heavy atom. The molecule has 1 saturated carbocycles. The summed E-state index contributed by atoms with van der Waals surface area (Å²) in [5.74, 6) is 0. The zero-order valence-corrected chi connectivity index (χ0v) is 15.0. The van der Waals surface area contributed by atoms with Gasteiger partial charge in [-0.1, -0.05) is 34.6 Å². The Balaban J connectivity index is 2.00. The number of rotatable bonds is 6. The zero-order valence-electron chi connectivity index (χ0n) is 15.0. The van der Waals surface area contributed by atoms with Crippen LogP contribution in [0.3, 0.4) is 0 Å². The highest BCUT2D eigenvalue weighted by molar-refractivity contribution is 4.97. The van der Waals surface area contributed by atoms with Crippen molar-refractivity contribution < 1.29 is 0 Å². The van der Waals surface area contributed by atoms with Crippen molar-refractivity contribution in [3.8, 4) is 0 Å². The standard InChI is InChI=1S/C18H37N3/c1-6-19-16-9-11-18(4,5)13-17(16)21-12-10-15(14-21)20(7-2)8-3/h15-17,19H,6-14H2,1-5H3. The molecular formula is C18H37N3. The van der Waals surface area contributed by atoms with Gasteiger partial charge < -0.3 is 5.32 Å². The second-order valence-electron chi connectivity index (χ2n) is 7.80. The number of likely N-dealkylation sites (N-methyl/N-ethyl adjacent to an activating group) is 2. The van der Waals surface area contributed by atoms with Gasteiger partial charge in [-0.15, -0.1) is 0 Å². The second kappa shape index (κ2) is 7.43. The summed E-state index contributed by atoms with van der Waals surface area (Å²) in [6.45, 7) is 17.8. The third-order valence-electron chi connectivity index (χ3n) is 5.82. The van der Waals surface area contributed by atoms with Gasteiger partial charge in [0.1, 0.15) is 0 Å². The maximum atomic E-state index is 3.77. The molecular weight excluding hydrogens is 258 g/mol. The van der Waals surface area contributed by atoms with E-state index >= 15 is 0 Å². The first kappa shape index (κ1) is 17.2. The zero-order chi connectivity index (χ0) is 15.5. The van der Waals surface area contributed by atoms with Gasteiger partial charge in [0.25, 0.3) is 0 Å². The first-order valence-electron chi connectivity index (χ1n) is 9.22. The Kier molecular flexibility index (Phi) is 6.10. The summed E-state index contributed by atoms with van der Waals surface area (Å²) in [6.07, 6.45) is 5.43. The molecule has 3 unspecified atom stereocenters. The van der Waals surface area contributed by atoms with Crippen LogP contribution < -0.4 is 5.32 Å². The van der Waals surface area contributed by atoms with E-state index in [0.717, 1.165) is 18.6 Å². The molecule has 1 saturated heterocycles. The van der Waals surface area contributed by atoms with Crippen molar-refractivity contribution in [1.29, 1.82) is 0 Å². The third kappa shape index (κ3) is 4.20. The normalized spacial score (nSPS) is 33.7. The van der Waals surface area contributed by atoms with E-state index in [9.17, 15) is 0 Å². The molecule has 3 nitrogen and oxygen atoms in total. The molecule has 1 heterocycles. The van der Waals surface area contributed by atoms with Gasteiger partial charge in [0.15, 0.2) is 0 Å². The van der Waals surface area contributed by atoms with Crippen molar-refractivity contribution in [2.24, 2.45) is 5.41 Å². The van der Waals surface area contributed by atoms with E-state index in [2.05, 4.69) is 49.7 Å². The molecule has 0 aromatic heterocycles. The van der Waals surface area contributed by atoms with Crippen LogP contribution in [0, 0.1) is 5.41 Å². The fourth-order valence-electron chi connectivity index (χ4n) is 4.54. The molecule has 3 atom stereocenters. The fourth-order valence-corrected chi connectivity index (χ4v) is 4.54. The predicted molar refractivity (Wildman–Crippen MR) is 91.8 cm³/mol. The van der Waals surface area contributed by atoms with Crippen molar-refractivity contribution in [2.75, 3.05) is 32.7 Å². The Bertz CT molecular complexity index is 312. The van der Waals surface area contributed by atoms with E-state index in [1.807, 2.05) is 0 Å². The quantitative estimate of drug-likeness (QED) is 0.813. The van der Waals surface area contributed by atoms with E-state index in [4.69, 9.17) is 0 Å². The Morgan fingerprint density at radius 3 is 2.48 bits per heavy atom. The van der Waals surface area contributed by atoms with Crippen LogP contribution in [0.25, 0.3) is 0 Å². The first-order chi connectivity index (χ1) is 10.0. The molecule has 1 N–H and O–H groups in total. The van der Waals surface area contributed by atoms with E-state index in [-0.39, 0.29) is 0 Å². The lowest BCUT2D eigenvalue weighted by molar-refractivity contribution is 0.0749. The SMILES string of the molecule is CCNC1CCC(C)(C)CC1N1CCC(N(CC)CC)C1. The summed E-state index contributed by atoms with van der Waals surface area (Å²) in [5, 5.41) is 3.77. The van der Waals surface area contributed by atoms with Crippen molar-refractivity contribution in [2.45, 2.75) is 78.4 Å². The molecule has 2 rings (SSSR count). The van der Waals surface area contributed by atoms with Crippen LogP contribution in [-0.2, 0) is 0 Å². The Hall–Kier alpha value is -0.120. The van der Waals surface area contributed by atoms with Crippen molar-refractivity contribution in [1.82, 2.24) is 15.1 Å². The van der Waals surface area contributed by atoms with Crippen LogP contribution in [-0.4, -0.2) is 60.6 Å². The molecule has 0 spiro atoms. The Labute approximate surface area is 132 Å². The van der Waals surface area contributed by atoms with Crippen molar-refractivity contribution in [3.63, 3.8) is 0 Å². The molecule has 3 heteroatoms. The van der Waals surface area contributed by atoms with Crippen LogP contribution in [0.15, 0.2) is 0 Å². The summed E-state index contributed by atoms with van der Waals surface area (Å²) in [6, 6.07) is 2.24. The molecule has 0 aromatic carbocycles. The van der Waals surface area contributed by atoms with Crippen molar-refractivity contribution >= 4 is 0 Å². The predicted octanol–water partition coefficient (Wildman–Crippen LogP) is 2.96. The number of hydrogen-bond acceptors (Lipinski definition) is 3. The molecule has 21 heavy (non-hydrogen) atoms. The molecule has 0 amide bonds. The van der Waals surface area contributed by atoms with Crippen LogP contribution in [0.2, 0.25) is 0 Å². The average molecular weight is 296 g/mol. The lowest BCUT2D eigenvalue weighted by Gasteiger charge is -2.45. The van der Waals surface area contributed by atoms with Gasteiger partial charge in [-0.05, 0) is 50.7 Å². The van der Waals surface area contributed by atoms with Gasteiger partial charge in [0.05, 0.1) is 0 Å². The van der Waals surface area contributed by atoms with E-state index in [1.54, 1.807) is 0 Å². The Morgan fingerprint density at radius 1 is 1.14 bits per heavy atom. The third-order valence-corrected chi connectivity index (χ3v) is 5.82. The summed E-state index contributed by atoms with van der Waals surface area (Å²) in [5.41, 5.74) is 0.518. The van der Waals surface area contributed by atoms with Gasteiger partial charge in [0.2, 0.25) is 0 Å². The van der Waals surface area contributed by atoms with Crippen molar-refractivity contribution in [3.05, 3.63) is 0 Å². The smallest absolute Gasteiger partial charge is 0.0255 e.